The normalized spacial score (nSPS) is 10.7. The molecule has 0 aliphatic rings. The molecular weight excluding hydrogens is 342 g/mol. The molecule has 0 unspecified atom stereocenters. The van der Waals surface area contributed by atoms with Crippen molar-refractivity contribution in [3.63, 3.8) is 0 Å². The van der Waals surface area contributed by atoms with Crippen LogP contribution in [-0.2, 0) is 0 Å². The monoisotopic (exact) mass is 350 g/mol. The SMILES string of the molecule is Fc1c(-c2ccccc2)c(Cl)c(Cl)c(Cl)c1-c1ccccc1. The summed E-state index contributed by atoms with van der Waals surface area (Å²) >= 11 is 18.7. The van der Waals surface area contributed by atoms with Gasteiger partial charge in [-0.15, -0.1) is 0 Å². The lowest BCUT2D eigenvalue weighted by atomic mass is 9.97. The van der Waals surface area contributed by atoms with E-state index in [-0.39, 0.29) is 26.2 Å². The number of hydrogen-bond acceptors (Lipinski definition) is 0. The van der Waals surface area contributed by atoms with Crippen LogP contribution in [0.5, 0.6) is 0 Å². The third kappa shape index (κ3) is 2.61. The van der Waals surface area contributed by atoms with E-state index in [4.69, 9.17) is 34.8 Å². The Morgan fingerprint density at radius 2 is 0.909 bits per heavy atom. The van der Waals surface area contributed by atoms with E-state index in [0.29, 0.717) is 11.1 Å². The summed E-state index contributed by atoms with van der Waals surface area (Å²) in [5, 5.41) is 0.396. The minimum atomic E-state index is -0.475. The number of hydrogen-bond donors (Lipinski definition) is 0. The molecule has 0 saturated carbocycles. The fourth-order valence-corrected chi connectivity index (χ4v) is 3.16. The molecule has 0 aliphatic carbocycles. The van der Waals surface area contributed by atoms with E-state index in [0.717, 1.165) is 0 Å². The fraction of sp³-hybridized carbons (Fsp3) is 0. The van der Waals surface area contributed by atoms with Gasteiger partial charge in [0.1, 0.15) is 5.82 Å². The molecule has 22 heavy (non-hydrogen) atoms. The summed E-state index contributed by atoms with van der Waals surface area (Å²) in [7, 11) is 0. The van der Waals surface area contributed by atoms with Crippen LogP contribution in [-0.4, -0.2) is 0 Å². The second kappa shape index (κ2) is 6.29. The highest BCUT2D eigenvalue weighted by atomic mass is 35.5. The number of rotatable bonds is 2. The first-order valence-corrected chi connectivity index (χ1v) is 7.71. The molecule has 4 heteroatoms. The molecule has 110 valence electrons. The molecule has 0 aliphatic heterocycles. The lowest BCUT2D eigenvalue weighted by Gasteiger charge is -2.15. The van der Waals surface area contributed by atoms with E-state index in [1.807, 2.05) is 36.4 Å². The maximum absolute atomic E-state index is 15.1. The smallest absolute Gasteiger partial charge is 0.141 e. The summed E-state index contributed by atoms with van der Waals surface area (Å²) in [4.78, 5) is 0. The molecule has 0 bridgehead atoms. The Kier molecular flexibility index (Phi) is 4.39. The van der Waals surface area contributed by atoms with Gasteiger partial charge in [0.05, 0.1) is 15.1 Å². The Hall–Kier alpha value is -1.54. The molecule has 0 N–H and O–H groups in total. The first kappa shape index (κ1) is 15.4. The molecule has 0 nitrogen and oxygen atoms in total. The highest BCUT2D eigenvalue weighted by molar-refractivity contribution is 6.50. The number of benzene rings is 3. The topological polar surface area (TPSA) is 0 Å². The third-order valence-corrected chi connectivity index (χ3v) is 4.72. The van der Waals surface area contributed by atoms with Gasteiger partial charge in [-0.05, 0) is 11.1 Å². The van der Waals surface area contributed by atoms with Crippen molar-refractivity contribution in [2.75, 3.05) is 0 Å². The summed E-state index contributed by atoms with van der Waals surface area (Å²) < 4.78 is 15.1. The predicted molar refractivity (Wildman–Crippen MR) is 92.3 cm³/mol. The van der Waals surface area contributed by atoms with Crippen molar-refractivity contribution in [1.82, 2.24) is 0 Å². The van der Waals surface area contributed by atoms with Crippen LogP contribution in [0.4, 0.5) is 4.39 Å². The second-order valence-corrected chi connectivity index (χ2v) is 5.87. The molecule has 3 aromatic carbocycles. The van der Waals surface area contributed by atoms with E-state index in [2.05, 4.69) is 0 Å². The van der Waals surface area contributed by atoms with Gasteiger partial charge < -0.3 is 0 Å². The predicted octanol–water partition coefficient (Wildman–Crippen LogP) is 7.12. The molecule has 3 aromatic rings. The van der Waals surface area contributed by atoms with Gasteiger partial charge in [0.15, 0.2) is 0 Å². The minimum absolute atomic E-state index is 0.120. The van der Waals surface area contributed by atoms with Crippen LogP contribution in [0.15, 0.2) is 60.7 Å². The lowest BCUT2D eigenvalue weighted by Crippen LogP contribution is -1.94. The van der Waals surface area contributed by atoms with Gasteiger partial charge in [-0.25, -0.2) is 4.39 Å². The summed E-state index contributed by atoms with van der Waals surface area (Å²) in [5.41, 5.74) is 1.83. The molecule has 3 rings (SSSR count). The van der Waals surface area contributed by atoms with Crippen LogP contribution in [0, 0.1) is 5.82 Å². The van der Waals surface area contributed by atoms with Crippen molar-refractivity contribution >= 4 is 34.8 Å². The third-order valence-electron chi connectivity index (χ3n) is 3.39. The van der Waals surface area contributed by atoms with Crippen molar-refractivity contribution in [1.29, 1.82) is 0 Å². The van der Waals surface area contributed by atoms with Crippen molar-refractivity contribution in [2.24, 2.45) is 0 Å². The Bertz CT molecular complexity index is 748. The van der Waals surface area contributed by atoms with Gasteiger partial charge in [-0.3, -0.25) is 0 Å². The molecular formula is C18H10Cl3F. The average molecular weight is 352 g/mol. The van der Waals surface area contributed by atoms with E-state index in [9.17, 15) is 0 Å². The molecule has 0 fully saturated rings. The summed E-state index contributed by atoms with van der Waals surface area (Å²) in [6, 6.07) is 18.1. The quantitative estimate of drug-likeness (QED) is 0.340. The van der Waals surface area contributed by atoms with Crippen LogP contribution < -0.4 is 0 Å². The van der Waals surface area contributed by atoms with E-state index >= 15 is 4.39 Å². The molecule has 0 radical (unpaired) electrons. The Labute approximate surface area is 143 Å². The molecule has 0 spiro atoms. The van der Waals surface area contributed by atoms with Gasteiger partial charge in [0, 0.05) is 11.1 Å². The summed E-state index contributed by atoms with van der Waals surface area (Å²) in [6.07, 6.45) is 0. The highest BCUT2D eigenvalue weighted by Gasteiger charge is 2.23. The summed E-state index contributed by atoms with van der Waals surface area (Å²) in [5.74, 6) is -0.475. The zero-order valence-corrected chi connectivity index (χ0v) is 13.6. The van der Waals surface area contributed by atoms with E-state index < -0.39 is 5.82 Å². The van der Waals surface area contributed by atoms with Crippen molar-refractivity contribution < 1.29 is 4.39 Å². The van der Waals surface area contributed by atoms with Gasteiger partial charge in [0.25, 0.3) is 0 Å². The molecule has 0 heterocycles. The van der Waals surface area contributed by atoms with Crippen LogP contribution >= 0.6 is 34.8 Å². The molecule has 0 atom stereocenters. The standard InChI is InChI=1S/C18H10Cl3F/c19-15-13(11-7-3-1-4-8-11)18(22)14(16(20)17(15)21)12-9-5-2-6-10-12/h1-10H. The Balaban J connectivity index is 2.36. The lowest BCUT2D eigenvalue weighted by molar-refractivity contribution is 0.635. The summed E-state index contributed by atoms with van der Waals surface area (Å²) in [6.45, 7) is 0. The Morgan fingerprint density at radius 1 is 0.545 bits per heavy atom. The van der Waals surface area contributed by atoms with Crippen molar-refractivity contribution in [2.45, 2.75) is 0 Å². The fourth-order valence-electron chi connectivity index (χ4n) is 2.35. The molecule has 0 saturated heterocycles. The average Bonchev–Trinajstić information content (AvgIpc) is 2.55. The van der Waals surface area contributed by atoms with Crippen molar-refractivity contribution in [3.8, 4) is 22.3 Å². The van der Waals surface area contributed by atoms with Gasteiger partial charge in [-0.1, -0.05) is 95.5 Å². The highest BCUT2D eigenvalue weighted by Crippen LogP contribution is 2.46. The maximum atomic E-state index is 15.1. The first-order chi connectivity index (χ1) is 10.6. The van der Waals surface area contributed by atoms with Gasteiger partial charge in [-0.2, -0.15) is 0 Å². The van der Waals surface area contributed by atoms with Crippen LogP contribution in [0.25, 0.3) is 22.3 Å². The van der Waals surface area contributed by atoms with E-state index in [1.54, 1.807) is 24.3 Å². The molecule has 0 aromatic heterocycles. The van der Waals surface area contributed by atoms with E-state index in [1.165, 1.54) is 0 Å². The van der Waals surface area contributed by atoms with Gasteiger partial charge >= 0.3 is 0 Å². The maximum Gasteiger partial charge on any atom is 0.141 e. The molecule has 0 amide bonds. The van der Waals surface area contributed by atoms with Gasteiger partial charge in [0.2, 0.25) is 0 Å². The first-order valence-electron chi connectivity index (χ1n) is 6.58. The second-order valence-electron chi connectivity index (χ2n) is 4.74. The van der Waals surface area contributed by atoms with Crippen LogP contribution in [0.3, 0.4) is 0 Å². The van der Waals surface area contributed by atoms with Crippen LogP contribution in [0.2, 0.25) is 15.1 Å². The largest absolute Gasteiger partial charge is 0.206 e. The zero-order chi connectivity index (χ0) is 15.7. The van der Waals surface area contributed by atoms with Crippen LogP contribution in [0.1, 0.15) is 0 Å². The Morgan fingerprint density at radius 3 is 1.27 bits per heavy atom. The number of halogens is 4. The minimum Gasteiger partial charge on any atom is -0.206 e. The zero-order valence-electron chi connectivity index (χ0n) is 11.3. The van der Waals surface area contributed by atoms with Crippen molar-refractivity contribution in [3.05, 3.63) is 81.5 Å².